The standard InChI is InChI=1S/C25H23F2N5OS/c1-15-30-23(24(34-15)17-4-8-19(27)9-5-17)25(33)32-11-10-28-13-20(32)12-22-29-14-21(31-22)16-2-6-18(26)7-3-16/h2-9,14,20,28H,10-13H2,1H3,(H,29,31)/t20-/m0/s1. The van der Waals surface area contributed by atoms with Gasteiger partial charge in [-0.1, -0.05) is 12.1 Å². The zero-order valence-corrected chi connectivity index (χ0v) is 19.3. The van der Waals surface area contributed by atoms with Crippen LogP contribution in [0.4, 0.5) is 8.78 Å². The second-order valence-corrected chi connectivity index (χ2v) is 9.42. The second-order valence-electron chi connectivity index (χ2n) is 8.22. The molecule has 6 nitrogen and oxygen atoms in total. The molecule has 2 N–H and O–H groups in total. The van der Waals surface area contributed by atoms with Gasteiger partial charge < -0.3 is 15.2 Å². The van der Waals surface area contributed by atoms with E-state index in [4.69, 9.17) is 0 Å². The van der Waals surface area contributed by atoms with Crippen molar-refractivity contribution in [3.63, 3.8) is 0 Å². The first-order chi connectivity index (χ1) is 16.5. The molecule has 2 aromatic carbocycles. The summed E-state index contributed by atoms with van der Waals surface area (Å²) in [7, 11) is 0. The highest BCUT2D eigenvalue weighted by Crippen LogP contribution is 2.32. The monoisotopic (exact) mass is 479 g/mol. The van der Waals surface area contributed by atoms with Gasteiger partial charge in [0.1, 0.15) is 23.2 Å². The Bertz CT molecular complexity index is 1300. The number of nitrogens with one attached hydrogen (secondary N) is 2. The van der Waals surface area contributed by atoms with Crippen LogP contribution in [0, 0.1) is 18.6 Å². The van der Waals surface area contributed by atoms with Crippen LogP contribution < -0.4 is 5.32 Å². The topological polar surface area (TPSA) is 73.9 Å². The molecule has 4 aromatic rings. The predicted octanol–water partition coefficient (Wildman–Crippen LogP) is 4.44. The highest BCUT2D eigenvalue weighted by molar-refractivity contribution is 7.15. The summed E-state index contributed by atoms with van der Waals surface area (Å²) >= 11 is 1.43. The quantitative estimate of drug-likeness (QED) is 0.444. The SMILES string of the molecule is Cc1nc(C(=O)N2CCNC[C@@H]2Cc2nc(-c3ccc(F)cc3)c[nH]2)c(-c2ccc(F)cc2)s1. The molecule has 0 radical (unpaired) electrons. The van der Waals surface area contributed by atoms with E-state index in [9.17, 15) is 13.6 Å². The Balaban J connectivity index is 1.38. The molecule has 2 aromatic heterocycles. The molecule has 9 heteroatoms. The fourth-order valence-corrected chi connectivity index (χ4v) is 5.09. The Morgan fingerprint density at radius 1 is 1.06 bits per heavy atom. The van der Waals surface area contributed by atoms with Gasteiger partial charge in [0.05, 0.1) is 21.6 Å². The molecule has 1 aliphatic heterocycles. The maximum atomic E-state index is 13.6. The van der Waals surface area contributed by atoms with E-state index >= 15 is 0 Å². The van der Waals surface area contributed by atoms with Gasteiger partial charge >= 0.3 is 0 Å². The number of imidazole rings is 1. The van der Waals surface area contributed by atoms with E-state index in [-0.39, 0.29) is 23.6 Å². The highest BCUT2D eigenvalue weighted by Gasteiger charge is 2.31. The smallest absolute Gasteiger partial charge is 0.274 e. The second kappa shape index (κ2) is 9.44. The van der Waals surface area contributed by atoms with E-state index in [0.29, 0.717) is 31.7 Å². The molecular formula is C25H23F2N5OS. The van der Waals surface area contributed by atoms with Crippen molar-refractivity contribution in [3.05, 3.63) is 82.9 Å². The summed E-state index contributed by atoms with van der Waals surface area (Å²) < 4.78 is 26.7. The van der Waals surface area contributed by atoms with E-state index in [2.05, 4.69) is 20.3 Å². The van der Waals surface area contributed by atoms with Gasteiger partial charge in [-0.2, -0.15) is 0 Å². The van der Waals surface area contributed by atoms with Crippen LogP contribution >= 0.6 is 11.3 Å². The molecule has 1 amide bonds. The Morgan fingerprint density at radius 3 is 2.44 bits per heavy atom. The van der Waals surface area contributed by atoms with E-state index in [1.165, 1.54) is 35.6 Å². The number of aromatic nitrogens is 3. The molecule has 0 spiro atoms. The van der Waals surface area contributed by atoms with Gasteiger partial charge in [-0.25, -0.2) is 18.7 Å². The first-order valence-corrected chi connectivity index (χ1v) is 11.8. The summed E-state index contributed by atoms with van der Waals surface area (Å²) in [6, 6.07) is 12.2. The fraction of sp³-hybridized carbons (Fsp3) is 0.240. The van der Waals surface area contributed by atoms with E-state index in [1.54, 1.807) is 30.5 Å². The Kier molecular flexibility index (Phi) is 6.21. The normalized spacial score (nSPS) is 16.1. The lowest BCUT2D eigenvalue weighted by molar-refractivity contribution is 0.0629. The van der Waals surface area contributed by atoms with Crippen LogP contribution in [0.3, 0.4) is 0 Å². The molecule has 3 heterocycles. The summed E-state index contributed by atoms with van der Waals surface area (Å²) in [5.74, 6) is -0.00255. The highest BCUT2D eigenvalue weighted by atomic mass is 32.1. The van der Waals surface area contributed by atoms with Gasteiger partial charge in [0, 0.05) is 37.8 Å². The molecule has 34 heavy (non-hydrogen) atoms. The van der Waals surface area contributed by atoms with Gasteiger partial charge in [0.15, 0.2) is 0 Å². The van der Waals surface area contributed by atoms with Crippen molar-refractivity contribution >= 4 is 17.2 Å². The minimum Gasteiger partial charge on any atom is -0.348 e. The van der Waals surface area contributed by atoms with Gasteiger partial charge in [0.25, 0.3) is 5.91 Å². The zero-order chi connectivity index (χ0) is 23.7. The van der Waals surface area contributed by atoms with E-state index < -0.39 is 0 Å². The maximum Gasteiger partial charge on any atom is 0.274 e. The molecular weight excluding hydrogens is 456 g/mol. The molecule has 5 rings (SSSR count). The molecule has 1 atom stereocenters. The number of rotatable bonds is 5. The summed E-state index contributed by atoms with van der Waals surface area (Å²) in [6.45, 7) is 3.74. The number of carbonyl (C=O) groups excluding carboxylic acids is 1. The van der Waals surface area contributed by atoms with Crippen LogP contribution in [0.2, 0.25) is 0 Å². The average Bonchev–Trinajstić information content (AvgIpc) is 3.47. The third-order valence-corrected chi connectivity index (χ3v) is 6.87. The molecule has 0 aliphatic carbocycles. The lowest BCUT2D eigenvalue weighted by atomic mass is 10.1. The van der Waals surface area contributed by atoms with Crippen molar-refractivity contribution in [2.75, 3.05) is 19.6 Å². The third kappa shape index (κ3) is 4.62. The lowest BCUT2D eigenvalue weighted by Crippen LogP contribution is -2.54. The Hall–Kier alpha value is -3.43. The summed E-state index contributed by atoms with van der Waals surface area (Å²) in [6.07, 6.45) is 2.33. The number of carbonyl (C=O) groups is 1. The lowest BCUT2D eigenvalue weighted by Gasteiger charge is -2.35. The van der Waals surface area contributed by atoms with Gasteiger partial charge in [-0.15, -0.1) is 11.3 Å². The zero-order valence-electron chi connectivity index (χ0n) is 18.5. The molecule has 1 fully saturated rings. The first kappa shape index (κ1) is 22.4. The van der Waals surface area contributed by atoms with Gasteiger partial charge in [-0.3, -0.25) is 4.79 Å². The number of nitrogens with zero attached hydrogens (tertiary/aromatic N) is 3. The number of aromatic amines is 1. The Morgan fingerprint density at radius 2 is 1.74 bits per heavy atom. The van der Waals surface area contributed by atoms with Crippen molar-refractivity contribution in [2.24, 2.45) is 0 Å². The number of hydrogen-bond donors (Lipinski definition) is 2. The number of thiazole rings is 1. The number of piperazine rings is 1. The number of H-pyrrole nitrogens is 1. The first-order valence-electron chi connectivity index (χ1n) is 11.0. The number of amides is 1. The van der Waals surface area contributed by atoms with Crippen LogP contribution in [0.1, 0.15) is 21.3 Å². The molecule has 1 saturated heterocycles. The Labute approximate surface area is 199 Å². The third-order valence-electron chi connectivity index (χ3n) is 5.85. The molecule has 1 aliphatic rings. The molecule has 174 valence electrons. The van der Waals surface area contributed by atoms with E-state index in [0.717, 1.165) is 32.5 Å². The summed E-state index contributed by atoms with van der Waals surface area (Å²) in [5, 5.41) is 4.14. The number of aryl methyl sites for hydroxylation is 1. The molecule has 0 unspecified atom stereocenters. The van der Waals surface area contributed by atoms with Crippen molar-refractivity contribution < 1.29 is 13.6 Å². The largest absolute Gasteiger partial charge is 0.348 e. The minimum absolute atomic E-state index is 0.114. The van der Waals surface area contributed by atoms with E-state index in [1.807, 2.05) is 11.8 Å². The van der Waals surface area contributed by atoms with Crippen LogP contribution in [0.25, 0.3) is 21.7 Å². The maximum absolute atomic E-state index is 13.6. The number of hydrogen-bond acceptors (Lipinski definition) is 5. The predicted molar refractivity (Wildman–Crippen MR) is 128 cm³/mol. The number of halogens is 2. The minimum atomic E-state index is -0.321. The van der Waals surface area contributed by atoms with Crippen molar-refractivity contribution in [1.82, 2.24) is 25.2 Å². The van der Waals surface area contributed by atoms with Crippen LogP contribution in [0.5, 0.6) is 0 Å². The van der Waals surface area contributed by atoms with Crippen molar-refractivity contribution in [1.29, 1.82) is 0 Å². The van der Waals surface area contributed by atoms with Gasteiger partial charge in [0.2, 0.25) is 0 Å². The van der Waals surface area contributed by atoms with Crippen LogP contribution in [-0.4, -0.2) is 51.4 Å². The molecule has 0 saturated carbocycles. The van der Waals surface area contributed by atoms with Crippen molar-refractivity contribution in [2.45, 2.75) is 19.4 Å². The molecule has 0 bridgehead atoms. The van der Waals surface area contributed by atoms with Gasteiger partial charge in [-0.05, 0) is 48.9 Å². The average molecular weight is 480 g/mol. The summed E-state index contributed by atoms with van der Waals surface area (Å²) in [4.78, 5) is 28.6. The van der Waals surface area contributed by atoms with Crippen LogP contribution in [-0.2, 0) is 6.42 Å². The van der Waals surface area contributed by atoms with Crippen LogP contribution in [0.15, 0.2) is 54.7 Å². The summed E-state index contributed by atoms with van der Waals surface area (Å²) in [5.41, 5.74) is 2.72. The fourth-order valence-electron chi connectivity index (χ4n) is 4.17. The number of benzene rings is 2. The van der Waals surface area contributed by atoms with Crippen molar-refractivity contribution in [3.8, 4) is 21.7 Å².